The van der Waals surface area contributed by atoms with E-state index in [1.165, 1.54) is 17.5 Å². The molecule has 1 heterocycles. The van der Waals surface area contributed by atoms with Gasteiger partial charge in [0.25, 0.3) is 0 Å². The van der Waals surface area contributed by atoms with Crippen molar-refractivity contribution in [3.05, 3.63) is 29.3 Å². The van der Waals surface area contributed by atoms with Crippen LogP contribution in [0.4, 0.5) is 5.69 Å². The monoisotopic (exact) mass is 190 g/mol. The predicted octanol–water partition coefficient (Wildman–Crippen LogP) is 1.91. The maximum absolute atomic E-state index is 5.83. The minimum Gasteiger partial charge on any atom is -0.399 e. The molecule has 0 spiro atoms. The molecule has 1 aliphatic heterocycles. The molecule has 76 valence electrons. The van der Waals surface area contributed by atoms with Gasteiger partial charge < -0.3 is 11.1 Å². The van der Waals surface area contributed by atoms with Crippen LogP contribution < -0.4 is 11.1 Å². The molecule has 14 heavy (non-hydrogen) atoms. The highest BCUT2D eigenvalue weighted by molar-refractivity contribution is 5.46. The summed E-state index contributed by atoms with van der Waals surface area (Å²) in [6.07, 6.45) is 2.35. The Morgan fingerprint density at radius 2 is 2.36 bits per heavy atom. The van der Waals surface area contributed by atoms with Crippen LogP contribution in [0.3, 0.4) is 0 Å². The lowest BCUT2D eigenvalue weighted by Gasteiger charge is -2.14. The SMILES string of the molecule is CCc1ccc(N)cc1[C@@H]1CCNC1. The third-order valence-electron chi connectivity index (χ3n) is 3.05. The number of aryl methyl sites for hydroxylation is 1. The first kappa shape index (κ1) is 9.53. The minimum atomic E-state index is 0.674. The topological polar surface area (TPSA) is 38.0 Å². The molecule has 3 N–H and O–H groups in total. The Morgan fingerprint density at radius 3 is 3.00 bits per heavy atom. The van der Waals surface area contributed by atoms with Gasteiger partial charge in [-0.15, -0.1) is 0 Å². The lowest BCUT2D eigenvalue weighted by molar-refractivity contribution is 0.752. The largest absolute Gasteiger partial charge is 0.399 e. The molecule has 1 aromatic carbocycles. The average Bonchev–Trinajstić information content (AvgIpc) is 2.70. The molecule has 1 atom stereocenters. The number of benzene rings is 1. The van der Waals surface area contributed by atoms with Crippen LogP contribution in [-0.4, -0.2) is 13.1 Å². The Morgan fingerprint density at radius 1 is 1.50 bits per heavy atom. The Hall–Kier alpha value is -1.02. The van der Waals surface area contributed by atoms with Crippen LogP contribution >= 0.6 is 0 Å². The van der Waals surface area contributed by atoms with E-state index in [0.29, 0.717) is 5.92 Å². The van der Waals surface area contributed by atoms with Crippen molar-refractivity contribution in [2.75, 3.05) is 18.8 Å². The molecule has 1 aromatic rings. The van der Waals surface area contributed by atoms with E-state index < -0.39 is 0 Å². The highest BCUT2D eigenvalue weighted by Gasteiger charge is 2.18. The third-order valence-corrected chi connectivity index (χ3v) is 3.05. The van der Waals surface area contributed by atoms with Gasteiger partial charge in [-0.2, -0.15) is 0 Å². The van der Waals surface area contributed by atoms with E-state index in [1.807, 2.05) is 6.07 Å². The first-order chi connectivity index (χ1) is 6.81. The van der Waals surface area contributed by atoms with Crippen molar-refractivity contribution in [1.29, 1.82) is 0 Å². The van der Waals surface area contributed by atoms with Crippen LogP contribution in [-0.2, 0) is 6.42 Å². The molecule has 2 nitrogen and oxygen atoms in total. The second-order valence-electron chi connectivity index (χ2n) is 4.00. The average molecular weight is 190 g/mol. The van der Waals surface area contributed by atoms with Gasteiger partial charge in [-0.1, -0.05) is 13.0 Å². The van der Waals surface area contributed by atoms with Gasteiger partial charge in [0.05, 0.1) is 0 Å². The van der Waals surface area contributed by atoms with Crippen molar-refractivity contribution >= 4 is 5.69 Å². The van der Waals surface area contributed by atoms with Crippen molar-refractivity contribution < 1.29 is 0 Å². The fraction of sp³-hybridized carbons (Fsp3) is 0.500. The molecule has 2 heteroatoms. The van der Waals surface area contributed by atoms with E-state index in [4.69, 9.17) is 5.73 Å². The number of nitrogens with one attached hydrogen (secondary N) is 1. The number of anilines is 1. The predicted molar refractivity (Wildman–Crippen MR) is 60.5 cm³/mol. The molecule has 0 radical (unpaired) electrons. The summed E-state index contributed by atoms with van der Waals surface area (Å²) in [5.74, 6) is 0.674. The van der Waals surface area contributed by atoms with Crippen LogP contribution in [0, 0.1) is 0 Å². The number of hydrogen-bond donors (Lipinski definition) is 2. The van der Waals surface area contributed by atoms with Gasteiger partial charge in [0.1, 0.15) is 0 Å². The van der Waals surface area contributed by atoms with Gasteiger partial charge in [-0.3, -0.25) is 0 Å². The molecule has 0 unspecified atom stereocenters. The maximum atomic E-state index is 5.83. The second kappa shape index (κ2) is 4.01. The zero-order valence-electron chi connectivity index (χ0n) is 8.72. The van der Waals surface area contributed by atoms with Crippen LogP contribution in [0.15, 0.2) is 18.2 Å². The normalized spacial score (nSPS) is 21.4. The van der Waals surface area contributed by atoms with Crippen molar-refractivity contribution in [3.8, 4) is 0 Å². The number of rotatable bonds is 2. The van der Waals surface area contributed by atoms with Crippen molar-refractivity contribution in [3.63, 3.8) is 0 Å². The molecule has 0 saturated carbocycles. The first-order valence-electron chi connectivity index (χ1n) is 5.40. The third kappa shape index (κ3) is 1.75. The molecule has 1 saturated heterocycles. The summed E-state index contributed by atoms with van der Waals surface area (Å²) in [6, 6.07) is 6.32. The van der Waals surface area contributed by atoms with E-state index in [0.717, 1.165) is 25.2 Å². The van der Waals surface area contributed by atoms with Crippen molar-refractivity contribution in [2.24, 2.45) is 0 Å². The number of hydrogen-bond acceptors (Lipinski definition) is 2. The van der Waals surface area contributed by atoms with Gasteiger partial charge >= 0.3 is 0 Å². The highest BCUT2D eigenvalue weighted by Crippen LogP contribution is 2.27. The zero-order chi connectivity index (χ0) is 9.97. The first-order valence-corrected chi connectivity index (χ1v) is 5.40. The molecular formula is C12H18N2. The molecule has 0 bridgehead atoms. The molecule has 1 fully saturated rings. The van der Waals surface area contributed by atoms with Gasteiger partial charge in [0.2, 0.25) is 0 Å². The summed E-state index contributed by atoms with van der Waals surface area (Å²) < 4.78 is 0. The van der Waals surface area contributed by atoms with E-state index in [9.17, 15) is 0 Å². The Labute approximate surface area is 85.5 Å². The van der Waals surface area contributed by atoms with Crippen LogP contribution in [0.5, 0.6) is 0 Å². The van der Waals surface area contributed by atoms with Crippen LogP contribution in [0.25, 0.3) is 0 Å². The molecular weight excluding hydrogens is 172 g/mol. The smallest absolute Gasteiger partial charge is 0.0317 e. The Balaban J connectivity index is 2.33. The van der Waals surface area contributed by atoms with Crippen molar-refractivity contribution in [1.82, 2.24) is 5.32 Å². The number of nitrogen functional groups attached to an aromatic ring is 1. The molecule has 2 rings (SSSR count). The lowest BCUT2D eigenvalue weighted by Crippen LogP contribution is -2.09. The van der Waals surface area contributed by atoms with Gasteiger partial charge in [0, 0.05) is 12.2 Å². The Bertz CT molecular complexity index is 314. The van der Waals surface area contributed by atoms with Crippen LogP contribution in [0.1, 0.15) is 30.4 Å². The van der Waals surface area contributed by atoms with Gasteiger partial charge in [0.15, 0.2) is 0 Å². The summed E-state index contributed by atoms with van der Waals surface area (Å²) >= 11 is 0. The summed E-state index contributed by atoms with van der Waals surface area (Å²) in [5, 5.41) is 3.40. The molecule has 1 aliphatic rings. The standard InChI is InChI=1S/C12H18N2/c1-2-9-3-4-11(13)7-12(9)10-5-6-14-8-10/h3-4,7,10,14H,2,5-6,8,13H2,1H3/t10-/m1/s1. The van der Waals surface area contributed by atoms with Crippen LogP contribution in [0.2, 0.25) is 0 Å². The summed E-state index contributed by atoms with van der Waals surface area (Å²) in [5.41, 5.74) is 9.63. The lowest BCUT2D eigenvalue weighted by atomic mass is 9.92. The zero-order valence-corrected chi connectivity index (χ0v) is 8.72. The Kier molecular flexibility index (Phi) is 2.73. The summed E-state index contributed by atoms with van der Waals surface area (Å²) in [7, 11) is 0. The van der Waals surface area contributed by atoms with Crippen molar-refractivity contribution in [2.45, 2.75) is 25.7 Å². The van der Waals surface area contributed by atoms with E-state index in [-0.39, 0.29) is 0 Å². The summed E-state index contributed by atoms with van der Waals surface area (Å²) in [4.78, 5) is 0. The van der Waals surface area contributed by atoms with Gasteiger partial charge in [-0.25, -0.2) is 0 Å². The number of nitrogens with two attached hydrogens (primary N) is 1. The fourth-order valence-corrected chi connectivity index (χ4v) is 2.24. The quantitative estimate of drug-likeness (QED) is 0.699. The van der Waals surface area contributed by atoms with Gasteiger partial charge in [-0.05, 0) is 48.6 Å². The molecule has 0 amide bonds. The highest BCUT2D eigenvalue weighted by atomic mass is 14.9. The minimum absolute atomic E-state index is 0.674. The van der Waals surface area contributed by atoms with E-state index in [1.54, 1.807) is 0 Å². The van der Waals surface area contributed by atoms with E-state index >= 15 is 0 Å². The summed E-state index contributed by atoms with van der Waals surface area (Å²) in [6.45, 7) is 4.45. The second-order valence-corrected chi connectivity index (χ2v) is 4.00. The molecule has 0 aliphatic carbocycles. The fourth-order valence-electron chi connectivity index (χ4n) is 2.24. The molecule has 0 aromatic heterocycles. The maximum Gasteiger partial charge on any atom is 0.0317 e. The van der Waals surface area contributed by atoms with E-state index in [2.05, 4.69) is 24.4 Å².